The molecule has 3 saturated heterocycles. The molecule has 3 aliphatic heterocycles. The van der Waals surface area contributed by atoms with Gasteiger partial charge in [-0.2, -0.15) is 0 Å². The van der Waals surface area contributed by atoms with Gasteiger partial charge in [0.1, 0.15) is 5.75 Å². The molecule has 0 aromatic heterocycles. The van der Waals surface area contributed by atoms with E-state index in [4.69, 9.17) is 9.47 Å². The molecule has 6 heteroatoms. The van der Waals surface area contributed by atoms with Gasteiger partial charge in [0.25, 0.3) is 0 Å². The predicted octanol–water partition coefficient (Wildman–Crippen LogP) is 3.42. The van der Waals surface area contributed by atoms with Gasteiger partial charge in [0.15, 0.2) is 5.96 Å². The molecule has 1 aliphatic carbocycles. The van der Waals surface area contributed by atoms with Crippen LogP contribution in [0.3, 0.4) is 0 Å². The Bertz CT molecular complexity index is 676. The summed E-state index contributed by atoms with van der Waals surface area (Å²) in [6.45, 7) is 2.90. The highest BCUT2D eigenvalue weighted by Gasteiger charge is 2.53. The normalized spacial score (nSPS) is 32.0. The Morgan fingerprint density at radius 3 is 2.48 bits per heavy atom. The Hall–Kier alpha value is -1.02. The molecule has 5 rings (SSSR count). The molecule has 0 radical (unpaired) electrons. The Balaban J connectivity index is 0.00000180. The van der Waals surface area contributed by atoms with Crippen LogP contribution in [0, 0.1) is 11.8 Å². The number of nitrogens with one attached hydrogen (secondary N) is 1. The Morgan fingerprint density at radius 1 is 1.15 bits per heavy atom. The molecule has 3 heterocycles. The summed E-state index contributed by atoms with van der Waals surface area (Å²) in [5.41, 5.74) is 1.21. The van der Waals surface area contributed by atoms with Crippen LogP contribution in [0.2, 0.25) is 0 Å². The van der Waals surface area contributed by atoms with Gasteiger partial charge in [-0.25, -0.2) is 0 Å². The third-order valence-corrected chi connectivity index (χ3v) is 6.72. The van der Waals surface area contributed by atoms with Crippen molar-refractivity contribution < 1.29 is 9.47 Å². The number of guanidine groups is 1. The molecule has 0 amide bonds. The average Bonchev–Trinajstić information content (AvgIpc) is 3.32. The Labute approximate surface area is 178 Å². The van der Waals surface area contributed by atoms with Crippen molar-refractivity contribution in [2.24, 2.45) is 16.8 Å². The van der Waals surface area contributed by atoms with Gasteiger partial charge in [0.2, 0.25) is 0 Å². The number of ether oxygens (including phenoxy) is 2. The third kappa shape index (κ3) is 3.67. The molecular weight excluding hydrogens is 453 g/mol. The van der Waals surface area contributed by atoms with E-state index in [9.17, 15) is 0 Å². The van der Waals surface area contributed by atoms with E-state index in [1.54, 1.807) is 0 Å². The predicted molar refractivity (Wildman–Crippen MR) is 117 cm³/mol. The molecule has 2 bridgehead atoms. The average molecular weight is 483 g/mol. The molecule has 4 atom stereocenters. The summed E-state index contributed by atoms with van der Waals surface area (Å²) in [4.78, 5) is 6.98. The van der Waals surface area contributed by atoms with Crippen molar-refractivity contribution >= 4 is 29.9 Å². The number of fused-ring (bicyclic) bond motifs is 5. The van der Waals surface area contributed by atoms with E-state index < -0.39 is 0 Å². The van der Waals surface area contributed by atoms with Crippen LogP contribution in [0.4, 0.5) is 0 Å². The lowest BCUT2D eigenvalue weighted by Crippen LogP contribution is -2.41. The summed E-state index contributed by atoms with van der Waals surface area (Å²) < 4.78 is 12.3. The van der Waals surface area contributed by atoms with Crippen molar-refractivity contribution in [3.63, 3.8) is 0 Å². The zero-order valence-electron chi connectivity index (χ0n) is 16.0. The molecule has 4 aliphatic rings. The highest BCUT2D eigenvalue weighted by Crippen LogP contribution is 2.47. The molecule has 1 saturated carbocycles. The van der Waals surface area contributed by atoms with Crippen molar-refractivity contribution in [2.75, 3.05) is 20.1 Å². The van der Waals surface area contributed by atoms with Crippen LogP contribution in [0.25, 0.3) is 0 Å². The van der Waals surface area contributed by atoms with Crippen LogP contribution in [0.5, 0.6) is 5.75 Å². The van der Waals surface area contributed by atoms with Gasteiger partial charge < -0.3 is 19.7 Å². The molecule has 4 fully saturated rings. The monoisotopic (exact) mass is 483 g/mol. The van der Waals surface area contributed by atoms with E-state index in [1.165, 1.54) is 37.7 Å². The van der Waals surface area contributed by atoms with Gasteiger partial charge in [0.05, 0.1) is 18.3 Å². The largest absolute Gasteiger partial charge is 0.490 e. The van der Waals surface area contributed by atoms with Crippen molar-refractivity contribution in [3.05, 3.63) is 29.8 Å². The standard InChI is InChI=1S/C21H29N3O2.HI/c1-22-21(24-12-16-17(13-24)20-10-9-19(16)26-20)23-11-14-5-2-3-8-18(14)25-15-6-4-7-15;/h2-3,5,8,15-17,19-20H,4,6-7,9-13H2,1H3,(H,22,23);1H. The van der Waals surface area contributed by atoms with Gasteiger partial charge in [-0.15, -0.1) is 24.0 Å². The maximum absolute atomic E-state index is 6.16. The third-order valence-electron chi connectivity index (χ3n) is 6.72. The van der Waals surface area contributed by atoms with Crippen LogP contribution >= 0.6 is 24.0 Å². The maximum Gasteiger partial charge on any atom is 0.193 e. The molecule has 27 heavy (non-hydrogen) atoms. The van der Waals surface area contributed by atoms with Gasteiger partial charge in [-0.05, 0) is 38.2 Å². The van der Waals surface area contributed by atoms with E-state index in [0.29, 0.717) is 30.1 Å². The molecule has 0 spiro atoms. The summed E-state index contributed by atoms with van der Waals surface area (Å²) in [5, 5.41) is 3.57. The molecule has 148 valence electrons. The number of halogens is 1. The summed E-state index contributed by atoms with van der Waals surface area (Å²) in [6.07, 6.45) is 7.54. The number of rotatable bonds is 4. The van der Waals surface area contributed by atoms with Crippen molar-refractivity contribution in [1.82, 2.24) is 10.2 Å². The van der Waals surface area contributed by atoms with Crippen molar-refractivity contribution in [3.8, 4) is 5.75 Å². The lowest BCUT2D eigenvalue weighted by molar-refractivity contribution is 0.0767. The second kappa shape index (κ2) is 8.15. The van der Waals surface area contributed by atoms with E-state index >= 15 is 0 Å². The van der Waals surface area contributed by atoms with Crippen LogP contribution in [-0.2, 0) is 11.3 Å². The molecule has 1 N–H and O–H groups in total. The SMILES string of the molecule is CN=C(NCc1ccccc1OC1CCC1)N1CC2C3CCC(O3)C2C1.I. The van der Waals surface area contributed by atoms with Crippen LogP contribution < -0.4 is 10.1 Å². The highest BCUT2D eigenvalue weighted by molar-refractivity contribution is 14.0. The first-order valence-corrected chi connectivity index (χ1v) is 10.2. The number of para-hydroxylation sites is 1. The first-order valence-electron chi connectivity index (χ1n) is 10.2. The summed E-state index contributed by atoms with van der Waals surface area (Å²) in [6, 6.07) is 8.39. The lowest BCUT2D eigenvalue weighted by Gasteiger charge is -2.28. The lowest BCUT2D eigenvalue weighted by atomic mass is 9.82. The number of hydrogen-bond donors (Lipinski definition) is 1. The van der Waals surface area contributed by atoms with Gasteiger partial charge in [-0.1, -0.05) is 18.2 Å². The maximum atomic E-state index is 6.16. The molecule has 5 nitrogen and oxygen atoms in total. The summed E-state index contributed by atoms with van der Waals surface area (Å²) in [5.74, 6) is 3.42. The quantitative estimate of drug-likeness (QED) is 0.405. The minimum atomic E-state index is 0. The zero-order valence-corrected chi connectivity index (χ0v) is 18.3. The fourth-order valence-corrected chi connectivity index (χ4v) is 5.07. The number of nitrogens with zero attached hydrogens (tertiary/aromatic N) is 2. The molecule has 4 unspecified atom stereocenters. The van der Waals surface area contributed by atoms with E-state index in [1.807, 2.05) is 7.05 Å². The first kappa shape index (κ1) is 19.3. The Kier molecular flexibility index (Phi) is 5.83. The second-order valence-electron chi connectivity index (χ2n) is 8.20. The minimum absolute atomic E-state index is 0. The fourth-order valence-electron chi connectivity index (χ4n) is 5.07. The van der Waals surface area contributed by atoms with Crippen molar-refractivity contribution in [1.29, 1.82) is 0 Å². The van der Waals surface area contributed by atoms with Crippen molar-refractivity contribution in [2.45, 2.75) is 57.0 Å². The molecule has 1 aromatic carbocycles. The van der Waals surface area contributed by atoms with Gasteiger partial charge >= 0.3 is 0 Å². The second-order valence-corrected chi connectivity index (χ2v) is 8.20. The summed E-state index contributed by atoms with van der Waals surface area (Å²) in [7, 11) is 1.89. The van der Waals surface area contributed by atoms with Crippen LogP contribution in [-0.4, -0.2) is 49.3 Å². The Morgan fingerprint density at radius 2 is 1.85 bits per heavy atom. The van der Waals surface area contributed by atoms with E-state index in [0.717, 1.165) is 31.3 Å². The highest BCUT2D eigenvalue weighted by atomic mass is 127. The van der Waals surface area contributed by atoms with E-state index in [2.05, 4.69) is 39.5 Å². The van der Waals surface area contributed by atoms with E-state index in [-0.39, 0.29) is 24.0 Å². The van der Waals surface area contributed by atoms with Gasteiger partial charge in [0, 0.05) is 44.1 Å². The van der Waals surface area contributed by atoms with Crippen LogP contribution in [0.15, 0.2) is 29.3 Å². The number of aliphatic imine (C=N–C) groups is 1. The zero-order chi connectivity index (χ0) is 17.5. The topological polar surface area (TPSA) is 46.1 Å². The number of hydrogen-bond acceptors (Lipinski definition) is 3. The first-order chi connectivity index (χ1) is 12.8. The fraction of sp³-hybridized carbons (Fsp3) is 0.667. The van der Waals surface area contributed by atoms with Gasteiger partial charge in [-0.3, -0.25) is 4.99 Å². The smallest absolute Gasteiger partial charge is 0.193 e. The van der Waals surface area contributed by atoms with Crippen LogP contribution in [0.1, 0.15) is 37.7 Å². The molecular formula is C21H30IN3O2. The summed E-state index contributed by atoms with van der Waals surface area (Å²) >= 11 is 0. The molecule has 1 aromatic rings. The minimum Gasteiger partial charge on any atom is -0.490 e. The number of benzene rings is 1. The number of likely N-dealkylation sites (tertiary alicyclic amines) is 1.